The Morgan fingerprint density at radius 2 is 2.10 bits per heavy atom. The van der Waals surface area contributed by atoms with Crippen molar-refractivity contribution >= 4 is 35.8 Å². The zero-order valence-electron chi connectivity index (χ0n) is 11.3. The van der Waals surface area contributed by atoms with Crippen molar-refractivity contribution in [2.24, 2.45) is 5.41 Å². The molecule has 2 aliphatic rings. The third-order valence-electron chi connectivity index (χ3n) is 4.36. The number of halogens is 1. The van der Waals surface area contributed by atoms with Gasteiger partial charge in [0.2, 0.25) is 5.91 Å². The van der Waals surface area contributed by atoms with E-state index in [1.165, 1.54) is 0 Å². The highest BCUT2D eigenvalue weighted by Gasteiger charge is 2.38. The van der Waals surface area contributed by atoms with E-state index >= 15 is 0 Å². The predicted octanol–water partition coefficient (Wildman–Crippen LogP) is 2.96. The maximum absolute atomic E-state index is 12.3. The van der Waals surface area contributed by atoms with E-state index in [0.29, 0.717) is 18.0 Å². The van der Waals surface area contributed by atoms with E-state index in [4.69, 9.17) is 16.3 Å². The van der Waals surface area contributed by atoms with Crippen molar-refractivity contribution < 1.29 is 9.53 Å². The number of fused-ring (bicyclic) bond motifs is 1. The van der Waals surface area contributed by atoms with Crippen molar-refractivity contribution in [3.8, 4) is 0 Å². The largest absolute Gasteiger partial charge is 0.381 e. The summed E-state index contributed by atoms with van der Waals surface area (Å²) < 4.78 is 5.45. The average molecular weight is 312 g/mol. The molecule has 20 heavy (non-hydrogen) atoms. The van der Waals surface area contributed by atoms with Crippen LogP contribution >= 0.6 is 24.2 Å². The van der Waals surface area contributed by atoms with Crippen molar-refractivity contribution in [2.75, 3.05) is 30.4 Å². The summed E-state index contributed by atoms with van der Waals surface area (Å²) >= 11 is 10.6. The Morgan fingerprint density at radius 3 is 2.80 bits per heavy atom. The van der Waals surface area contributed by atoms with Crippen LogP contribution in [-0.2, 0) is 16.0 Å². The normalized spacial score (nSPS) is 21.1. The maximum Gasteiger partial charge on any atom is 0.231 e. The van der Waals surface area contributed by atoms with Gasteiger partial charge in [-0.1, -0.05) is 17.7 Å². The number of anilines is 1. The molecule has 0 spiro atoms. The third kappa shape index (κ3) is 2.57. The fraction of sp³-hybridized carbons (Fsp3) is 0.533. The van der Waals surface area contributed by atoms with Gasteiger partial charge in [-0.15, -0.1) is 0 Å². The Kier molecular flexibility index (Phi) is 3.98. The Balaban J connectivity index is 1.87. The minimum absolute atomic E-state index is 0.0565. The minimum Gasteiger partial charge on any atom is -0.381 e. The van der Waals surface area contributed by atoms with Crippen molar-refractivity contribution in [1.82, 2.24) is 0 Å². The number of carbonyl (C=O) groups excluding carboxylic acids is 1. The zero-order valence-corrected chi connectivity index (χ0v) is 12.9. The number of benzene rings is 1. The highest BCUT2D eigenvalue weighted by Crippen LogP contribution is 2.38. The number of hydrogen-bond donors (Lipinski definition) is 1. The molecule has 0 saturated carbocycles. The molecule has 108 valence electrons. The van der Waals surface area contributed by atoms with Crippen LogP contribution in [0.4, 0.5) is 5.69 Å². The van der Waals surface area contributed by atoms with Gasteiger partial charge in [-0.3, -0.25) is 4.79 Å². The first-order chi connectivity index (χ1) is 9.63. The Hall–Kier alpha value is -0.710. The van der Waals surface area contributed by atoms with E-state index in [9.17, 15) is 4.79 Å². The Bertz CT molecular complexity index is 529. The van der Waals surface area contributed by atoms with Gasteiger partial charge in [0.05, 0.1) is 6.42 Å². The lowest BCUT2D eigenvalue weighted by Crippen LogP contribution is -2.44. The summed E-state index contributed by atoms with van der Waals surface area (Å²) in [5.41, 5.74) is 2.09. The summed E-state index contributed by atoms with van der Waals surface area (Å²) in [7, 11) is 0. The first kappa shape index (κ1) is 14.2. The molecule has 2 aliphatic heterocycles. The molecule has 0 bridgehead atoms. The molecule has 1 aromatic rings. The quantitative estimate of drug-likeness (QED) is 0.870. The number of carbonyl (C=O) groups is 1. The Labute approximate surface area is 129 Å². The predicted molar refractivity (Wildman–Crippen MR) is 83.8 cm³/mol. The molecule has 0 aliphatic carbocycles. The molecule has 1 fully saturated rings. The Morgan fingerprint density at radius 1 is 1.35 bits per heavy atom. The van der Waals surface area contributed by atoms with Gasteiger partial charge in [0.15, 0.2) is 0 Å². The molecule has 0 unspecified atom stereocenters. The lowest BCUT2D eigenvalue weighted by Gasteiger charge is -2.39. The van der Waals surface area contributed by atoms with Gasteiger partial charge in [-0.2, -0.15) is 12.6 Å². The molecule has 5 heteroatoms. The zero-order chi connectivity index (χ0) is 14.2. The number of amides is 1. The van der Waals surface area contributed by atoms with Crippen LogP contribution in [0.1, 0.15) is 18.4 Å². The van der Waals surface area contributed by atoms with E-state index in [1.807, 2.05) is 23.1 Å². The van der Waals surface area contributed by atoms with Gasteiger partial charge in [0, 0.05) is 35.9 Å². The summed E-state index contributed by atoms with van der Waals surface area (Å²) in [5.74, 6) is 0.936. The summed E-state index contributed by atoms with van der Waals surface area (Å²) in [6.45, 7) is 2.22. The lowest BCUT2D eigenvalue weighted by molar-refractivity contribution is -0.117. The molecular weight excluding hydrogens is 294 g/mol. The first-order valence-electron chi connectivity index (χ1n) is 6.91. The van der Waals surface area contributed by atoms with Gasteiger partial charge in [-0.05, 0) is 36.3 Å². The molecule has 0 N–H and O–H groups in total. The van der Waals surface area contributed by atoms with E-state index in [0.717, 1.165) is 43.1 Å². The summed E-state index contributed by atoms with van der Waals surface area (Å²) in [4.78, 5) is 14.2. The lowest BCUT2D eigenvalue weighted by atomic mass is 9.81. The standard InChI is InChI=1S/C15H18ClNO2S/c16-12-2-1-11-7-14(18)17(13(11)8-12)9-15(10-20)3-5-19-6-4-15/h1-2,8,20H,3-7,9-10H2. The highest BCUT2D eigenvalue weighted by atomic mass is 35.5. The molecule has 0 aromatic heterocycles. The first-order valence-corrected chi connectivity index (χ1v) is 7.92. The second-order valence-corrected chi connectivity index (χ2v) is 6.45. The molecule has 1 amide bonds. The SMILES string of the molecule is O=C1Cc2ccc(Cl)cc2N1CC1(CS)CCOCC1. The van der Waals surface area contributed by atoms with Crippen LogP contribution in [-0.4, -0.2) is 31.4 Å². The maximum atomic E-state index is 12.3. The highest BCUT2D eigenvalue weighted by molar-refractivity contribution is 7.80. The molecule has 2 heterocycles. The van der Waals surface area contributed by atoms with Crippen molar-refractivity contribution in [3.05, 3.63) is 28.8 Å². The molecule has 1 aromatic carbocycles. The second-order valence-electron chi connectivity index (χ2n) is 5.70. The fourth-order valence-corrected chi connectivity index (χ4v) is 3.59. The number of nitrogens with zero attached hydrogens (tertiary/aromatic N) is 1. The van der Waals surface area contributed by atoms with Gasteiger partial charge < -0.3 is 9.64 Å². The van der Waals surface area contributed by atoms with Crippen LogP contribution in [0.25, 0.3) is 0 Å². The van der Waals surface area contributed by atoms with Gasteiger partial charge in [0.1, 0.15) is 0 Å². The smallest absolute Gasteiger partial charge is 0.231 e. The van der Waals surface area contributed by atoms with Crippen LogP contribution in [0, 0.1) is 5.41 Å². The topological polar surface area (TPSA) is 29.5 Å². The summed E-state index contributed by atoms with van der Waals surface area (Å²) in [5, 5.41) is 0.676. The monoisotopic (exact) mass is 311 g/mol. The third-order valence-corrected chi connectivity index (χ3v) is 5.27. The van der Waals surface area contributed by atoms with Crippen molar-refractivity contribution in [3.63, 3.8) is 0 Å². The van der Waals surface area contributed by atoms with Crippen LogP contribution in [0.3, 0.4) is 0 Å². The van der Waals surface area contributed by atoms with Gasteiger partial charge >= 0.3 is 0 Å². The number of rotatable bonds is 3. The summed E-state index contributed by atoms with van der Waals surface area (Å²) in [6, 6.07) is 5.69. The molecule has 1 saturated heterocycles. The molecule has 3 nitrogen and oxygen atoms in total. The van der Waals surface area contributed by atoms with Gasteiger partial charge in [0.25, 0.3) is 0 Å². The summed E-state index contributed by atoms with van der Waals surface area (Å²) in [6.07, 6.45) is 2.39. The van der Waals surface area contributed by atoms with Crippen molar-refractivity contribution in [1.29, 1.82) is 0 Å². The fourth-order valence-electron chi connectivity index (χ4n) is 3.01. The van der Waals surface area contributed by atoms with E-state index in [-0.39, 0.29) is 11.3 Å². The number of hydrogen-bond acceptors (Lipinski definition) is 3. The second kappa shape index (κ2) is 5.58. The van der Waals surface area contributed by atoms with Crippen LogP contribution in [0.15, 0.2) is 18.2 Å². The van der Waals surface area contributed by atoms with E-state index in [1.54, 1.807) is 0 Å². The van der Waals surface area contributed by atoms with Crippen LogP contribution < -0.4 is 4.90 Å². The molecule has 0 radical (unpaired) electrons. The van der Waals surface area contributed by atoms with Gasteiger partial charge in [-0.25, -0.2) is 0 Å². The number of ether oxygens (including phenoxy) is 1. The average Bonchev–Trinajstić information content (AvgIpc) is 2.76. The molecular formula is C15H18ClNO2S. The van der Waals surface area contributed by atoms with E-state index in [2.05, 4.69) is 12.6 Å². The molecule has 0 atom stereocenters. The van der Waals surface area contributed by atoms with Crippen LogP contribution in [0.2, 0.25) is 5.02 Å². The van der Waals surface area contributed by atoms with Crippen LogP contribution in [0.5, 0.6) is 0 Å². The van der Waals surface area contributed by atoms with Crippen molar-refractivity contribution in [2.45, 2.75) is 19.3 Å². The minimum atomic E-state index is 0.0565. The molecule has 3 rings (SSSR count). The number of thiol groups is 1. The van der Waals surface area contributed by atoms with E-state index < -0.39 is 0 Å².